The van der Waals surface area contributed by atoms with E-state index >= 15 is 0 Å². The number of hydrogen-bond donors (Lipinski definition) is 2. The van der Waals surface area contributed by atoms with Crippen LogP contribution in [0.15, 0.2) is 24.3 Å². The molecule has 9 heteroatoms. The first-order chi connectivity index (χ1) is 14.5. The van der Waals surface area contributed by atoms with E-state index in [1.165, 1.54) is 0 Å². The number of anilines is 1. The highest BCUT2D eigenvalue weighted by atomic mass is 16.9. The zero-order valence-corrected chi connectivity index (χ0v) is 18.6. The molecule has 2 amide bonds. The van der Waals surface area contributed by atoms with E-state index in [0.29, 0.717) is 5.69 Å². The maximum Gasteiger partial charge on any atom is 0.252 e. The van der Waals surface area contributed by atoms with Crippen molar-refractivity contribution in [1.29, 1.82) is 0 Å². The third kappa shape index (κ3) is 4.47. The van der Waals surface area contributed by atoms with Crippen LogP contribution in [0.1, 0.15) is 40.2 Å². The van der Waals surface area contributed by atoms with E-state index in [1.54, 1.807) is 34.6 Å². The minimum absolute atomic E-state index is 0.335. The maximum absolute atomic E-state index is 13.1. The van der Waals surface area contributed by atoms with E-state index in [1.807, 2.05) is 31.2 Å². The second-order valence-corrected chi connectivity index (χ2v) is 9.12. The van der Waals surface area contributed by atoms with Gasteiger partial charge in [-0.3, -0.25) is 9.59 Å². The molecule has 0 radical (unpaired) electrons. The molecule has 1 aromatic rings. The van der Waals surface area contributed by atoms with Gasteiger partial charge in [0.1, 0.15) is 24.4 Å². The number of fused-ring (bicyclic) bond motifs is 3. The monoisotopic (exact) mass is 434 g/mol. The zero-order chi connectivity index (χ0) is 22.6. The fourth-order valence-electron chi connectivity index (χ4n) is 4.14. The van der Waals surface area contributed by atoms with E-state index in [0.717, 1.165) is 5.56 Å². The number of amides is 2. The molecule has 2 unspecified atom stereocenters. The van der Waals surface area contributed by atoms with Crippen LogP contribution >= 0.6 is 0 Å². The van der Waals surface area contributed by atoms with Crippen molar-refractivity contribution in [3.05, 3.63) is 29.8 Å². The number of nitrogens with one attached hydrogen (secondary N) is 2. The molecule has 3 aliphatic heterocycles. The Labute approximate surface area is 181 Å². The van der Waals surface area contributed by atoms with Crippen LogP contribution in [0.4, 0.5) is 5.69 Å². The average molecular weight is 434 g/mol. The largest absolute Gasteiger partial charge is 0.342 e. The van der Waals surface area contributed by atoms with Crippen LogP contribution in [-0.4, -0.2) is 60.1 Å². The van der Waals surface area contributed by atoms with Crippen LogP contribution in [-0.2, 0) is 33.3 Å². The highest BCUT2D eigenvalue weighted by Crippen LogP contribution is 2.44. The molecule has 6 atom stereocenters. The second-order valence-electron chi connectivity index (χ2n) is 9.12. The number of aryl methyl sites for hydroxylation is 1. The van der Waals surface area contributed by atoms with Gasteiger partial charge in [-0.15, -0.1) is 0 Å². The van der Waals surface area contributed by atoms with Crippen molar-refractivity contribution < 1.29 is 33.3 Å². The number of carbonyl (C=O) groups excluding carboxylic acids is 2. The topological polar surface area (TPSA) is 104 Å². The summed E-state index contributed by atoms with van der Waals surface area (Å²) in [5.74, 6) is -2.59. The van der Waals surface area contributed by atoms with Gasteiger partial charge in [-0.2, -0.15) is 0 Å². The molecular weight excluding hydrogens is 404 g/mol. The zero-order valence-electron chi connectivity index (χ0n) is 18.6. The van der Waals surface area contributed by atoms with Crippen LogP contribution in [0.5, 0.6) is 0 Å². The van der Waals surface area contributed by atoms with E-state index in [-0.39, 0.29) is 5.91 Å². The van der Waals surface area contributed by atoms with Crippen LogP contribution in [0, 0.1) is 6.92 Å². The van der Waals surface area contributed by atoms with Crippen molar-refractivity contribution in [3.8, 4) is 0 Å². The van der Waals surface area contributed by atoms with E-state index < -0.39 is 54.2 Å². The molecule has 3 heterocycles. The number of hydrogen-bond acceptors (Lipinski definition) is 7. The summed E-state index contributed by atoms with van der Waals surface area (Å²) in [6.07, 6.45) is -3.55. The molecule has 9 nitrogen and oxygen atoms in total. The van der Waals surface area contributed by atoms with Crippen LogP contribution in [0.3, 0.4) is 0 Å². The summed E-state index contributed by atoms with van der Waals surface area (Å²) in [6, 6.07) is 6.64. The average Bonchev–Trinajstić information content (AvgIpc) is 3.16. The summed E-state index contributed by atoms with van der Waals surface area (Å²) in [6.45, 7) is 10.6. The number of ether oxygens (including phenoxy) is 5. The van der Waals surface area contributed by atoms with Crippen molar-refractivity contribution in [2.45, 2.75) is 89.9 Å². The normalized spacial score (nSPS) is 33.8. The predicted octanol–water partition coefficient (Wildman–Crippen LogP) is 1.83. The lowest BCUT2D eigenvalue weighted by Crippen LogP contribution is -2.60. The highest BCUT2D eigenvalue weighted by molar-refractivity contribution is 5.98. The summed E-state index contributed by atoms with van der Waals surface area (Å²) in [5.41, 5.74) is 1.62. The quantitative estimate of drug-likeness (QED) is 0.745. The van der Waals surface area contributed by atoms with E-state index in [2.05, 4.69) is 10.6 Å². The van der Waals surface area contributed by atoms with E-state index in [4.69, 9.17) is 23.7 Å². The lowest BCUT2D eigenvalue weighted by atomic mass is 9.98. The van der Waals surface area contributed by atoms with Crippen molar-refractivity contribution in [2.24, 2.45) is 0 Å². The maximum atomic E-state index is 13.1. The summed E-state index contributed by atoms with van der Waals surface area (Å²) < 4.78 is 29.7. The molecule has 1 aromatic carbocycles. The molecule has 3 aliphatic rings. The van der Waals surface area contributed by atoms with Gasteiger partial charge in [0.15, 0.2) is 24.0 Å². The molecule has 2 N–H and O–H groups in total. The first kappa shape index (κ1) is 22.2. The van der Waals surface area contributed by atoms with Gasteiger partial charge in [-0.05, 0) is 53.2 Å². The van der Waals surface area contributed by atoms with Crippen LogP contribution in [0.2, 0.25) is 0 Å². The Morgan fingerprint density at radius 2 is 1.55 bits per heavy atom. The van der Waals surface area contributed by atoms with Gasteiger partial charge in [0.05, 0.1) is 0 Å². The molecule has 3 fully saturated rings. The fraction of sp³-hybridized carbons (Fsp3) is 0.636. The smallest absolute Gasteiger partial charge is 0.252 e. The van der Waals surface area contributed by atoms with Crippen molar-refractivity contribution in [2.75, 3.05) is 5.32 Å². The molecule has 0 bridgehead atoms. The molecule has 0 spiro atoms. The summed E-state index contributed by atoms with van der Waals surface area (Å²) in [5, 5.41) is 5.55. The lowest BCUT2D eigenvalue weighted by Gasteiger charge is -2.36. The Balaban J connectivity index is 1.46. The molecular formula is C22H30N2O7. The summed E-state index contributed by atoms with van der Waals surface area (Å²) in [4.78, 5) is 25.7. The number of benzene rings is 1. The van der Waals surface area contributed by atoms with E-state index in [9.17, 15) is 9.59 Å². The Morgan fingerprint density at radius 1 is 0.935 bits per heavy atom. The minimum atomic E-state index is -1.01. The predicted molar refractivity (Wildman–Crippen MR) is 110 cm³/mol. The Bertz CT molecular complexity index is 871. The molecule has 170 valence electrons. The second kappa shape index (κ2) is 7.83. The minimum Gasteiger partial charge on any atom is -0.342 e. The van der Waals surface area contributed by atoms with Gasteiger partial charge >= 0.3 is 0 Å². The molecule has 0 saturated carbocycles. The third-order valence-electron chi connectivity index (χ3n) is 5.57. The molecule has 0 aromatic heterocycles. The van der Waals surface area contributed by atoms with Gasteiger partial charge in [-0.25, -0.2) is 0 Å². The van der Waals surface area contributed by atoms with Gasteiger partial charge in [0.2, 0.25) is 5.91 Å². The number of rotatable bonds is 4. The SMILES string of the molecule is Cc1ccccc1NC(=O)C(C)NC(=O)C1O[C@@H]2OC(C)(C)O[C@@H]2[C@H]2OC(C)(C)O[C@@H]12. The van der Waals surface area contributed by atoms with Gasteiger partial charge in [-0.1, -0.05) is 18.2 Å². The highest BCUT2D eigenvalue weighted by Gasteiger charge is 2.62. The van der Waals surface area contributed by atoms with Crippen molar-refractivity contribution in [1.82, 2.24) is 5.32 Å². The Hall–Kier alpha value is -2.04. The first-order valence-electron chi connectivity index (χ1n) is 10.5. The Morgan fingerprint density at radius 3 is 2.26 bits per heavy atom. The molecule has 4 rings (SSSR count). The third-order valence-corrected chi connectivity index (χ3v) is 5.57. The molecule has 0 aliphatic carbocycles. The van der Waals surface area contributed by atoms with Crippen LogP contribution < -0.4 is 10.6 Å². The molecule has 3 saturated heterocycles. The van der Waals surface area contributed by atoms with Gasteiger partial charge in [0, 0.05) is 5.69 Å². The fourth-order valence-corrected chi connectivity index (χ4v) is 4.14. The number of para-hydroxylation sites is 1. The van der Waals surface area contributed by atoms with Gasteiger partial charge < -0.3 is 34.3 Å². The first-order valence-corrected chi connectivity index (χ1v) is 10.5. The number of carbonyl (C=O) groups is 2. The summed E-state index contributed by atoms with van der Waals surface area (Å²) >= 11 is 0. The van der Waals surface area contributed by atoms with Gasteiger partial charge in [0.25, 0.3) is 5.91 Å². The van der Waals surface area contributed by atoms with Crippen molar-refractivity contribution >= 4 is 17.5 Å². The van der Waals surface area contributed by atoms with Crippen LogP contribution in [0.25, 0.3) is 0 Å². The molecule has 31 heavy (non-hydrogen) atoms. The standard InChI is InChI=1S/C22H30N2O7/c1-11-9-7-8-10-13(11)24-18(25)12(2)23-19(26)16-14-15(29-21(3,4)28-14)17-20(27-16)31-22(5,6)30-17/h7-10,12,14-17,20H,1-6H3,(H,23,26)(H,24,25)/t12?,14-,15+,16?,17-,20-/m1/s1. The summed E-state index contributed by atoms with van der Waals surface area (Å²) in [7, 11) is 0. The van der Waals surface area contributed by atoms with Crippen molar-refractivity contribution in [3.63, 3.8) is 0 Å². The lowest BCUT2D eigenvalue weighted by molar-refractivity contribution is -0.231. The Kier molecular flexibility index (Phi) is 5.60.